The highest BCUT2D eigenvalue weighted by Gasteiger charge is 2.36. The van der Waals surface area contributed by atoms with E-state index in [9.17, 15) is 8.42 Å². The van der Waals surface area contributed by atoms with Crippen molar-refractivity contribution in [1.29, 1.82) is 0 Å². The Bertz CT molecular complexity index is 537. The summed E-state index contributed by atoms with van der Waals surface area (Å²) in [5, 5.41) is 1.71. The summed E-state index contributed by atoms with van der Waals surface area (Å²) in [7, 11) is -3.33. The Morgan fingerprint density at radius 2 is 1.90 bits per heavy atom. The number of piperidine rings is 1. The van der Waals surface area contributed by atoms with Crippen molar-refractivity contribution >= 4 is 21.4 Å². The summed E-state index contributed by atoms with van der Waals surface area (Å²) in [6, 6.07) is 1.71. The monoisotopic (exact) mass is 316 g/mol. The molecule has 0 unspecified atom stereocenters. The third-order valence-electron chi connectivity index (χ3n) is 4.75. The van der Waals surface area contributed by atoms with E-state index < -0.39 is 10.0 Å². The van der Waals surface area contributed by atoms with Crippen LogP contribution in [0, 0.1) is 5.41 Å². The van der Waals surface area contributed by atoms with Crippen molar-refractivity contribution in [2.75, 3.05) is 13.1 Å². The smallest absolute Gasteiger partial charge is 0.243 e. The molecule has 1 saturated heterocycles. The third kappa shape index (κ3) is 2.93. The first-order valence-corrected chi connectivity index (χ1v) is 9.57. The first-order valence-electron chi connectivity index (χ1n) is 7.25. The van der Waals surface area contributed by atoms with E-state index in [0.29, 0.717) is 29.9 Å². The van der Waals surface area contributed by atoms with Crippen molar-refractivity contribution in [3.05, 3.63) is 16.3 Å². The number of hydrogen-bond donors (Lipinski definition) is 1. The van der Waals surface area contributed by atoms with Gasteiger partial charge in [-0.15, -0.1) is 11.3 Å². The lowest BCUT2D eigenvalue weighted by atomic mass is 9.75. The van der Waals surface area contributed by atoms with Crippen LogP contribution < -0.4 is 5.73 Å². The molecule has 6 heteroatoms. The maximum absolute atomic E-state index is 12.6. The highest BCUT2D eigenvalue weighted by atomic mass is 32.2. The van der Waals surface area contributed by atoms with E-state index in [4.69, 9.17) is 5.73 Å². The Kier molecular flexibility index (Phi) is 4.89. The molecule has 0 aromatic carbocycles. The fourth-order valence-corrected chi connectivity index (χ4v) is 5.49. The third-order valence-corrected chi connectivity index (χ3v) is 7.74. The highest BCUT2D eigenvalue weighted by molar-refractivity contribution is 7.89. The number of thiophene rings is 1. The second kappa shape index (κ2) is 6.13. The summed E-state index contributed by atoms with van der Waals surface area (Å²) < 4.78 is 26.8. The Hall–Kier alpha value is -0.430. The average Bonchev–Trinajstić information content (AvgIpc) is 2.97. The molecule has 20 heavy (non-hydrogen) atoms. The molecule has 0 amide bonds. The fraction of sp³-hybridized carbons (Fsp3) is 0.714. The van der Waals surface area contributed by atoms with Gasteiger partial charge >= 0.3 is 0 Å². The van der Waals surface area contributed by atoms with Crippen LogP contribution in [0.25, 0.3) is 0 Å². The molecule has 114 valence electrons. The van der Waals surface area contributed by atoms with Gasteiger partial charge in [0.05, 0.1) is 4.90 Å². The molecule has 0 saturated carbocycles. The Balaban J connectivity index is 2.13. The van der Waals surface area contributed by atoms with Gasteiger partial charge in [0.2, 0.25) is 10.0 Å². The summed E-state index contributed by atoms with van der Waals surface area (Å²) in [4.78, 5) is 1.32. The van der Waals surface area contributed by atoms with Crippen LogP contribution in [-0.2, 0) is 16.6 Å². The van der Waals surface area contributed by atoms with Crippen LogP contribution in [0.3, 0.4) is 0 Å². The van der Waals surface area contributed by atoms with Gasteiger partial charge in [-0.05, 0) is 24.3 Å². The number of nitrogens with two attached hydrogens (primary N) is 1. The zero-order chi connectivity index (χ0) is 14.8. The molecule has 1 aliphatic rings. The van der Waals surface area contributed by atoms with Gasteiger partial charge in [0.25, 0.3) is 0 Å². The van der Waals surface area contributed by atoms with Crippen molar-refractivity contribution in [3.63, 3.8) is 0 Å². The quantitative estimate of drug-likeness (QED) is 0.908. The Morgan fingerprint density at radius 1 is 1.30 bits per heavy atom. The minimum absolute atomic E-state index is 0.336. The summed E-state index contributed by atoms with van der Waals surface area (Å²) >= 11 is 1.42. The molecule has 4 nitrogen and oxygen atoms in total. The van der Waals surface area contributed by atoms with E-state index in [1.54, 1.807) is 15.8 Å². The molecule has 1 aromatic rings. The van der Waals surface area contributed by atoms with Gasteiger partial charge in [-0.3, -0.25) is 0 Å². The van der Waals surface area contributed by atoms with Crippen LogP contribution in [0.1, 0.15) is 44.4 Å². The second-order valence-corrected chi connectivity index (χ2v) is 8.50. The van der Waals surface area contributed by atoms with Crippen LogP contribution in [-0.4, -0.2) is 25.8 Å². The standard InChI is InChI=1S/C14H24N2O2S2/c1-3-14(4-2)5-7-16(8-6-14)20(17,18)13-9-12(10-15)19-11-13/h9,11H,3-8,10,15H2,1-2H3. The molecule has 1 aliphatic heterocycles. The molecular formula is C14H24N2O2S2. The molecule has 2 N–H and O–H groups in total. The van der Waals surface area contributed by atoms with Crippen molar-refractivity contribution in [3.8, 4) is 0 Å². The molecule has 0 atom stereocenters. The van der Waals surface area contributed by atoms with Gasteiger partial charge in [-0.2, -0.15) is 4.31 Å². The number of hydrogen-bond acceptors (Lipinski definition) is 4. The van der Waals surface area contributed by atoms with Gasteiger partial charge in [-0.1, -0.05) is 26.7 Å². The van der Waals surface area contributed by atoms with Crippen LogP contribution in [0.4, 0.5) is 0 Å². The largest absolute Gasteiger partial charge is 0.326 e. The summed E-state index contributed by atoms with van der Waals surface area (Å²) in [5.74, 6) is 0. The summed E-state index contributed by atoms with van der Waals surface area (Å²) in [5.41, 5.74) is 5.89. The van der Waals surface area contributed by atoms with Crippen LogP contribution >= 0.6 is 11.3 Å². The first kappa shape index (κ1) is 15.9. The van der Waals surface area contributed by atoms with Crippen molar-refractivity contribution in [2.45, 2.75) is 51.0 Å². The maximum Gasteiger partial charge on any atom is 0.243 e. The molecule has 2 rings (SSSR count). The van der Waals surface area contributed by atoms with Gasteiger partial charge in [0.1, 0.15) is 0 Å². The van der Waals surface area contributed by atoms with E-state index in [1.807, 2.05) is 0 Å². The van der Waals surface area contributed by atoms with Crippen LogP contribution in [0.2, 0.25) is 0 Å². The SMILES string of the molecule is CCC1(CC)CCN(S(=O)(=O)c2csc(CN)c2)CC1. The summed E-state index contributed by atoms with van der Waals surface area (Å²) in [6.45, 7) is 6.09. The van der Waals surface area contributed by atoms with Crippen molar-refractivity contribution < 1.29 is 8.42 Å². The molecular weight excluding hydrogens is 292 g/mol. The lowest BCUT2D eigenvalue weighted by Gasteiger charge is -2.40. The minimum atomic E-state index is -3.33. The minimum Gasteiger partial charge on any atom is -0.326 e. The number of nitrogens with zero attached hydrogens (tertiary/aromatic N) is 1. The van der Waals surface area contributed by atoms with Gasteiger partial charge in [0, 0.05) is 29.9 Å². The lowest BCUT2D eigenvalue weighted by Crippen LogP contribution is -2.42. The highest BCUT2D eigenvalue weighted by Crippen LogP contribution is 2.39. The maximum atomic E-state index is 12.6. The van der Waals surface area contributed by atoms with Crippen LogP contribution in [0.15, 0.2) is 16.3 Å². The summed E-state index contributed by atoms with van der Waals surface area (Å²) in [6.07, 6.45) is 4.19. The molecule has 0 bridgehead atoms. The molecule has 2 heterocycles. The van der Waals surface area contributed by atoms with Crippen molar-refractivity contribution in [2.24, 2.45) is 11.1 Å². The molecule has 0 spiro atoms. The molecule has 0 radical (unpaired) electrons. The van der Waals surface area contributed by atoms with Crippen LogP contribution in [0.5, 0.6) is 0 Å². The Morgan fingerprint density at radius 3 is 2.35 bits per heavy atom. The topological polar surface area (TPSA) is 63.4 Å². The van der Waals surface area contributed by atoms with Crippen molar-refractivity contribution in [1.82, 2.24) is 4.31 Å². The second-order valence-electron chi connectivity index (χ2n) is 5.56. The molecule has 0 aliphatic carbocycles. The van der Waals surface area contributed by atoms with Gasteiger partial charge in [0.15, 0.2) is 0 Å². The predicted octanol–water partition coefficient (Wildman–Crippen LogP) is 2.80. The predicted molar refractivity (Wildman–Crippen MR) is 83.2 cm³/mol. The van der Waals surface area contributed by atoms with E-state index in [2.05, 4.69) is 13.8 Å². The van der Waals surface area contributed by atoms with Gasteiger partial charge < -0.3 is 5.73 Å². The molecule has 1 aromatic heterocycles. The number of sulfonamides is 1. The van der Waals surface area contributed by atoms with E-state index in [0.717, 1.165) is 30.6 Å². The fourth-order valence-electron chi connectivity index (χ4n) is 2.91. The molecule has 1 fully saturated rings. The lowest BCUT2D eigenvalue weighted by molar-refractivity contribution is 0.141. The zero-order valence-corrected chi connectivity index (χ0v) is 13.9. The van der Waals surface area contributed by atoms with Gasteiger partial charge in [-0.25, -0.2) is 8.42 Å². The average molecular weight is 316 g/mol. The Labute approximate surface area is 126 Å². The zero-order valence-electron chi connectivity index (χ0n) is 12.3. The number of rotatable bonds is 5. The first-order chi connectivity index (χ1) is 9.47. The van der Waals surface area contributed by atoms with E-state index in [1.165, 1.54) is 11.3 Å². The van der Waals surface area contributed by atoms with E-state index in [-0.39, 0.29) is 0 Å². The normalized spacial score (nSPS) is 20.1. The van der Waals surface area contributed by atoms with E-state index >= 15 is 0 Å².